The minimum absolute atomic E-state index is 0.00993. The molecule has 1 aliphatic heterocycles. The monoisotopic (exact) mass is 261 g/mol. The number of hydrogen-bond donors (Lipinski definition) is 0. The van der Waals surface area contributed by atoms with Crippen molar-refractivity contribution in [1.29, 1.82) is 0 Å². The number of β-lactam (4-membered cyclic amide) rings is 1. The van der Waals surface area contributed by atoms with Gasteiger partial charge in [0.1, 0.15) is 6.61 Å². The molecule has 0 unspecified atom stereocenters. The number of likely N-dealkylation sites (tertiary alicyclic amines) is 1. The van der Waals surface area contributed by atoms with Gasteiger partial charge in [0.25, 0.3) is 0 Å². The summed E-state index contributed by atoms with van der Waals surface area (Å²) < 4.78 is 5.12. The van der Waals surface area contributed by atoms with Crippen LogP contribution >= 0.6 is 0 Å². The van der Waals surface area contributed by atoms with Gasteiger partial charge in [-0.25, -0.2) is 9.69 Å². The van der Waals surface area contributed by atoms with E-state index in [1.54, 1.807) is 0 Å². The van der Waals surface area contributed by atoms with Crippen molar-refractivity contribution in [3.8, 4) is 0 Å². The van der Waals surface area contributed by atoms with E-state index in [0.29, 0.717) is 12.5 Å². The Labute approximate surface area is 113 Å². The Bertz CT molecular complexity index is 456. The third-order valence-electron chi connectivity index (χ3n) is 3.20. The van der Waals surface area contributed by atoms with Gasteiger partial charge in [0, 0.05) is 6.54 Å². The molecule has 2 rings (SSSR count). The fourth-order valence-electron chi connectivity index (χ4n) is 2.20. The lowest BCUT2D eigenvalue weighted by Crippen LogP contribution is -2.55. The van der Waals surface area contributed by atoms with Crippen molar-refractivity contribution >= 4 is 12.0 Å². The number of ether oxygens (including phenoxy) is 1. The summed E-state index contributed by atoms with van der Waals surface area (Å²) in [5.41, 5.74) is 0.919. The van der Waals surface area contributed by atoms with E-state index < -0.39 is 6.09 Å². The first-order valence-corrected chi connectivity index (χ1v) is 6.60. The molecule has 0 spiro atoms. The van der Waals surface area contributed by atoms with Gasteiger partial charge in [-0.15, -0.1) is 0 Å². The van der Waals surface area contributed by atoms with Crippen molar-refractivity contribution in [2.45, 2.75) is 26.9 Å². The molecule has 1 heterocycles. The van der Waals surface area contributed by atoms with Gasteiger partial charge in [-0.2, -0.15) is 0 Å². The maximum atomic E-state index is 11.8. The van der Waals surface area contributed by atoms with Crippen LogP contribution in [0.5, 0.6) is 0 Å². The van der Waals surface area contributed by atoms with Crippen LogP contribution in [0.4, 0.5) is 4.79 Å². The van der Waals surface area contributed by atoms with Crippen LogP contribution in [0.25, 0.3) is 0 Å². The molecule has 4 nitrogen and oxygen atoms in total. The van der Waals surface area contributed by atoms with Crippen LogP contribution in [-0.2, 0) is 16.1 Å². The van der Waals surface area contributed by atoms with Crippen molar-refractivity contribution in [3.63, 3.8) is 0 Å². The number of amides is 2. The van der Waals surface area contributed by atoms with Gasteiger partial charge in [0.15, 0.2) is 0 Å². The Balaban J connectivity index is 1.78. The first-order chi connectivity index (χ1) is 9.08. The SMILES string of the molecule is CC(C)C[C@@H]1CN(C(=O)OCc2ccccc2)C1=O. The second-order valence-corrected chi connectivity index (χ2v) is 5.32. The average molecular weight is 261 g/mol. The van der Waals surface area contributed by atoms with Crippen LogP contribution in [0.1, 0.15) is 25.8 Å². The molecule has 1 aromatic rings. The molecule has 0 saturated carbocycles. The lowest BCUT2D eigenvalue weighted by atomic mass is 9.90. The molecule has 0 N–H and O–H groups in total. The van der Waals surface area contributed by atoms with Crippen LogP contribution in [0.2, 0.25) is 0 Å². The van der Waals surface area contributed by atoms with Gasteiger partial charge < -0.3 is 4.74 Å². The van der Waals surface area contributed by atoms with Crippen molar-refractivity contribution in [2.24, 2.45) is 11.8 Å². The maximum absolute atomic E-state index is 11.8. The Morgan fingerprint density at radius 1 is 1.37 bits per heavy atom. The second kappa shape index (κ2) is 5.87. The molecule has 4 heteroatoms. The van der Waals surface area contributed by atoms with E-state index in [1.807, 2.05) is 30.3 Å². The highest BCUT2D eigenvalue weighted by Crippen LogP contribution is 2.25. The van der Waals surface area contributed by atoms with Crippen LogP contribution in [0.3, 0.4) is 0 Å². The smallest absolute Gasteiger partial charge is 0.416 e. The van der Waals surface area contributed by atoms with Gasteiger partial charge in [0.05, 0.1) is 5.92 Å². The lowest BCUT2D eigenvalue weighted by molar-refractivity contribution is -0.145. The predicted molar refractivity (Wildman–Crippen MR) is 71.3 cm³/mol. The van der Waals surface area contributed by atoms with E-state index in [1.165, 1.54) is 4.90 Å². The summed E-state index contributed by atoms with van der Waals surface area (Å²) in [7, 11) is 0. The fourth-order valence-corrected chi connectivity index (χ4v) is 2.20. The first-order valence-electron chi connectivity index (χ1n) is 6.60. The van der Waals surface area contributed by atoms with Crippen LogP contribution in [-0.4, -0.2) is 23.4 Å². The number of hydrogen-bond acceptors (Lipinski definition) is 3. The molecule has 0 aromatic heterocycles. The second-order valence-electron chi connectivity index (χ2n) is 5.32. The molecule has 102 valence electrons. The number of imide groups is 1. The van der Waals surface area contributed by atoms with E-state index in [-0.39, 0.29) is 18.4 Å². The summed E-state index contributed by atoms with van der Waals surface area (Å²) in [4.78, 5) is 24.7. The van der Waals surface area contributed by atoms with Gasteiger partial charge in [-0.1, -0.05) is 44.2 Å². The zero-order valence-electron chi connectivity index (χ0n) is 11.3. The summed E-state index contributed by atoms with van der Waals surface area (Å²) >= 11 is 0. The molecule has 2 amide bonds. The minimum Gasteiger partial charge on any atom is -0.444 e. The van der Waals surface area contributed by atoms with E-state index in [9.17, 15) is 9.59 Å². The van der Waals surface area contributed by atoms with Gasteiger partial charge in [-0.05, 0) is 17.9 Å². The standard InChI is InChI=1S/C15H19NO3/c1-11(2)8-13-9-16(14(13)17)15(18)19-10-12-6-4-3-5-7-12/h3-7,11,13H,8-10H2,1-2H3/t13-/m1/s1. The molecule has 1 fully saturated rings. The summed E-state index contributed by atoms with van der Waals surface area (Å²) in [5, 5.41) is 0. The van der Waals surface area contributed by atoms with E-state index in [2.05, 4.69) is 13.8 Å². The Kier molecular flexibility index (Phi) is 4.20. The van der Waals surface area contributed by atoms with Crippen LogP contribution in [0, 0.1) is 11.8 Å². The molecule has 1 aliphatic rings. The van der Waals surface area contributed by atoms with Crippen LogP contribution in [0.15, 0.2) is 30.3 Å². The van der Waals surface area contributed by atoms with Crippen molar-refractivity contribution in [2.75, 3.05) is 6.54 Å². The maximum Gasteiger partial charge on any atom is 0.416 e. The Hall–Kier alpha value is -1.84. The van der Waals surface area contributed by atoms with Crippen molar-refractivity contribution in [3.05, 3.63) is 35.9 Å². The molecule has 1 aromatic carbocycles. The summed E-state index contributed by atoms with van der Waals surface area (Å²) in [5.74, 6) is 0.354. The Morgan fingerprint density at radius 3 is 2.63 bits per heavy atom. The highest BCUT2D eigenvalue weighted by atomic mass is 16.6. The number of rotatable bonds is 4. The number of nitrogens with zero attached hydrogens (tertiary/aromatic N) is 1. The first kappa shape index (κ1) is 13.6. The molecule has 19 heavy (non-hydrogen) atoms. The fraction of sp³-hybridized carbons (Fsp3) is 0.467. The summed E-state index contributed by atoms with van der Waals surface area (Å²) in [6, 6.07) is 9.44. The lowest BCUT2D eigenvalue weighted by Gasteiger charge is -2.36. The number of carbonyl (C=O) groups excluding carboxylic acids is 2. The molecule has 0 radical (unpaired) electrons. The summed E-state index contributed by atoms with van der Waals surface area (Å²) in [6.07, 6.45) is 0.301. The third-order valence-corrected chi connectivity index (χ3v) is 3.20. The molecule has 1 atom stereocenters. The van der Waals surface area contributed by atoms with E-state index >= 15 is 0 Å². The molecule has 0 aliphatic carbocycles. The van der Waals surface area contributed by atoms with Crippen molar-refractivity contribution < 1.29 is 14.3 Å². The normalized spacial score (nSPS) is 18.4. The van der Waals surface area contributed by atoms with Gasteiger partial charge in [0.2, 0.25) is 5.91 Å². The highest BCUT2D eigenvalue weighted by Gasteiger charge is 2.41. The van der Waals surface area contributed by atoms with Crippen molar-refractivity contribution in [1.82, 2.24) is 4.90 Å². The number of carbonyl (C=O) groups is 2. The van der Waals surface area contributed by atoms with Gasteiger partial charge in [-0.3, -0.25) is 4.79 Å². The molecule has 1 saturated heterocycles. The zero-order valence-corrected chi connectivity index (χ0v) is 11.3. The zero-order chi connectivity index (χ0) is 13.8. The van der Waals surface area contributed by atoms with E-state index in [0.717, 1.165) is 12.0 Å². The Morgan fingerprint density at radius 2 is 2.05 bits per heavy atom. The quantitative estimate of drug-likeness (QED) is 0.783. The topological polar surface area (TPSA) is 46.6 Å². The number of benzene rings is 1. The summed E-state index contributed by atoms with van der Waals surface area (Å²) in [6.45, 7) is 4.84. The van der Waals surface area contributed by atoms with Gasteiger partial charge >= 0.3 is 6.09 Å². The van der Waals surface area contributed by atoms with E-state index in [4.69, 9.17) is 4.74 Å². The van der Waals surface area contributed by atoms with Crippen LogP contribution < -0.4 is 0 Å². The molecular formula is C15H19NO3. The largest absolute Gasteiger partial charge is 0.444 e. The molecular weight excluding hydrogens is 242 g/mol. The molecule has 0 bridgehead atoms. The predicted octanol–water partition coefficient (Wildman–Crippen LogP) is 2.83. The average Bonchev–Trinajstić information content (AvgIpc) is 2.41. The minimum atomic E-state index is -0.533. The highest BCUT2D eigenvalue weighted by molar-refractivity contribution is 5.98. The third kappa shape index (κ3) is 3.34.